The maximum absolute atomic E-state index is 10.8. The first-order valence-corrected chi connectivity index (χ1v) is 5.81. The lowest BCUT2D eigenvalue weighted by atomic mass is 10.1. The molecule has 1 heterocycles. The molecule has 1 aliphatic rings. The van der Waals surface area contributed by atoms with Crippen molar-refractivity contribution in [3.05, 3.63) is 23.8 Å². The van der Waals surface area contributed by atoms with E-state index in [1.54, 1.807) is 7.11 Å². The Labute approximate surface area is 102 Å². The average Bonchev–Trinajstić information content (AvgIpc) is 2.39. The first kappa shape index (κ1) is 11.9. The number of carbonyl (C=O) groups excluding carboxylic acids is 1. The van der Waals surface area contributed by atoms with E-state index in [0.717, 1.165) is 38.2 Å². The predicted octanol–water partition coefficient (Wildman–Crippen LogP) is 1.26. The second-order valence-electron chi connectivity index (χ2n) is 4.33. The largest absolute Gasteiger partial charge is 0.496 e. The minimum Gasteiger partial charge on any atom is -0.496 e. The summed E-state index contributed by atoms with van der Waals surface area (Å²) in [7, 11) is 3.73. The van der Waals surface area contributed by atoms with Gasteiger partial charge >= 0.3 is 0 Å². The van der Waals surface area contributed by atoms with Crippen molar-refractivity contribution in [3.8, 4) is 5.75 Å². The van der Waals surface area contributed by atoms with Crippen molar-refractivity contribution in [1.82, 2.24) is 4.90 Å². The van der Waals surface area contributed by atoms with Crippen molar-refractivity contribution in [3.63, 3.8) is 0 Å². The Bertz CT molecular complexity index is 398. The molecule has 0 atom stereocenters. The maximum Gasteiger partial charge on any atom is 0.153 e. The molecule has 1 saturated heterocycles. The Balaban J connectivity index is 2.18. The van der Waals surface area contributed by atoms with E-state index >= 15 is 0 Å². The molecule has 1 aromatic rings. The number of methoxy groups -OCH3 is 1. The Hall–Kier alpha value is -1.55. The van der Waals surface area contributed by atoms with Crippen LogP contribution in [0.5, 0.6) is 5.75 Å². The summed E-state index contributed by atoms with van der Waals surface area (Å²) in [6, 6.07) is 5.74. The van der Waals surface area contributed by atoms with Crippen LogP contribution in [0.15, 0.2) is 18.2 Å². The molecule has 0 aliphatic carbocycles. The van der Waals surface area contributed by atoms with Gasteiger partial charge in [-0.1, -0.05) is 0 Å². The zero-order chi connectivity index (χ0) is 12.3. The zero-order valence-electron chi connectivity index (χ0n) is 10.3. The van der Waals surface area contributed by atoms with Crippen LogP contribution in [-0.4, -0.2) is 51.5 Å². The van der Waals surface area contributed by atoms with Crippen LogP contribution in [0, 0.1) is 0 Å². The van der Waals surface area contributed by atoms with Crippen LogP contribution in [0.2, 0.25) is 0 Å². The van der Waals surface area contributed by atoms with Crippen LogP contribution >= 0.6 is 0 Å². The zero-order valence-corrected chi connectivity index (χ0v) is 10.3. The minimum atomic E-state index is 0.602. The summed E-state index contributed by atoms with van der Waals surface area (Å²) >= 11 is 0. The number of anilines is 1. The number of carbonyl (C=O) groups is 1. The van der Waals surface area contributed by atoms with Gasteiger partial charge in [0.25, 0.3) is 0 Å². The fourth-order valence-corrected chi connectivity index (χ4v) is 2.06. The van der Waals surface area contributed by atoms with Crippen molar-refractivity contribution < 1.29 is 9.53 Å². The number of aldehydes is 1. The van der Waals surface area contributed by atoms with E-state index in [9.17, 15) is 4.79 Å². The molecule has 1 fully saturated rings. The standard InChI is InChI=1S/C13H18N2O2/c1-14-5-7-15(8-6-14)12-4-3-11(10-16)13(9-12)17-2/h3-4,9-10H,5-8H2,1-2H3. The maximum atomic E-state index is 10.8. The topological polar surface area (TPSA) is 32.8 Å². The highest BCUT2D eigenvalue weighted by Gasteiger charge is 2.15. The molecule has 0 spiro atoms. The van der Waals surface area contributed by atoms with E-state index < -0.39 is 0 Å². The van der Waals surface area contributed by atoms with Crippen molar-refractivity contribution >= 4 is 12.0 Å². The molecule has 92 valence electrons. The molecule has 0 bridgehead atoms. The van der Waals surface area contributed by atoms with Gasteiger partial charge in [-0.05, 0) is 19.2 Å². The van der Waals surface area contributed by atoms with E-state index in [0.29, 0.717) is 11.3 Å². The number of nitrogens with zero attached hydrogens (tertiary/aromatic N) is 2. The molecule has 0 saturated carbocycles. The van der Waals surface area contributed by atoms with Crippen molar-refractivity contribution in [2.24, 2.45) is 0 Å². The van der Waals surface area contributed by atoms with Crippen LogP contribution in [-0.2, 0) is 0 Å². The summed E-state index contributed by atoms with van der Waals surface area (Å²) in [6.45, 7) is 4.16. The summed E-state index contributed by atoms with van der Waals surface area (Å²) in [6.07, 6.45) is 0.826. The number of hydrogen-bond acceptors (Lipinski definition) is 4. The highest BCUT2D eigenvalue weighted by atomic mass is 16.5. The highest BCUT2D eigenvalue weighted by molar-refractivity contribution is 5.80. The molecular weight excluding hydrogens is 216 g/mol. The van der Waals surface area contributed by atoms with Crippen molar-refractivity contribution in [2.75, 3.05) is 45.2 Å². The fraction of sp³-hybridized carbons (Fsp3) is 0.462. The molecule has 0 amide bonds. The van der Waals surface area contributed by atoms with Gasteiger partial charge in [0.15, 0.2) is 6.29 Å². The van der Waals surface area contributed by atoms with Gasteiger partial charge in [-0.25, -0.2) is 0 Å². The van der Waals surface area contributed by atoms with Crippen LogP contribution in [0.3, 0.4) is 0 Å². The van der Waals surface area contributed by atoms with Crippen LogP contribution < -0.4 is 9.64 Å². The first-order chi connectivity index (χ1) is 8.24. The number of hydrogen-bond donors (Lipinski definition) is 0. The monoisotopic (exact) mass is 234 g/mol. The Morgan fingerprint density at radius 3 is 2.53 bits per heavy atom. The molecule has 1 aromatic carbocycles. The van der Waals surface area contributed by atoms with Gasteiger partial charge in [-0.3, -0.25) is 4.79 Å². The smallest absolute Gasteiger partial charge is 0.153 e. The minimum absolute atomic E-state index is 0.602. The SMILES string of the molecule is COc1cc(N2CCN(C)CC2)ccc1C=O. The predicted molar refractivity (Wildman–Crippen MR) is 68.1 cm³/mol. The lowest BCUT2D eigenvalue weighted by molar-refractivity contribution is 0.112. The molecular formula is C13H18N2O2. The van der Waals surface area contributed by atoms with Gasteiger partial charge in [0, 0.05) is 37.9 Å². The van der Waals surface area contributed by atoms with E-state index in [2.05, 4.69) is 16.8 Å². The van der Waals surface area contributed by atoms with Gasteiger partial charge in [0.05, 0.1) is 12.7 Å². The van der Waals surface area contributed by atoms with Gasteiger partial charge in [0.1, 0.15) is 5.75 Å². The quantitative estimate of drug-likeness (QED) is 0.737. The molecule has 0 aromatic heterocycles. The number of likely N-dealkylation sites (N-methyl/N-ethyl adjacent to an activating group) is 1. The van der Waals surface area contributed by atoms with Gasteiger partial charge in [-0.2, -0.15) is 0 Å². The molecule has 2 rings (SSSR count). The molecule has 4 nitrogen and oxygen atoms in total. The molecule has 0 radical (unpaired) electrons. The van der Waals surface area contributed by atoms with Crippen LogP contribution in [0.4, 0.5) is 5.69 Å². The van der Waals surface area contributed by atoms with Gasteiger partial charge in [0.2, 0.25) is 0 Å². The first-order valence-electron chi connectivity index (χ1n) is 5.81. The molecule has 0 N–H and O–H groups in total. The second-order valence-corrected chi connectivity index (χ2v) is 4.33. The van der Waals surface area contributed by atoms with E-state index in [-0.39, 0.29) is 0 Å². The van der Waals surface area contributed by atoms with Crippen molar-refractivity contribution in [2.45, 2.75) is 0 Å². The number of rotatable bonds is 3. The molecule has 1 aliphatic heterocycles. The Morgan fingerprint density at radius 2 is 1.94 bits per heavy atom. The molecule has 4 heteroatoms. The molecule has 17 heavy (non-hydrogen) atoms. The van der Waals surface area contributed by atoms with Crippen molar-refractivity contribution in [1.29, 1.82) is 0 Å². The fourth-order valence-electron chi connectivity index (χ4n) is 2.06. The lowest BCUT2D eigenvalue weighted by Gasteiger charge is -2.34. The molecule has 0 unspecified atom stereocenters. The highest BCUT2D eigenvalue weighted by Crippen LogP contribution is 2.25. The lowest BCUT2D eigenvalue weighted by Crippen LogP contribution is -2.44. The van der Waals surface area contributed by atoms with E-state index in [4.69, 9.17) is 4.74 Å². The third-order valence-electron chi connectivity index (χ3n) is 3.21. The number of benzene rings is 1. The number of ether oxygens (including phenoxy) is 1. The van der Waals surface area contributed by atoms with Gasteiger partial charge in [-0.15, -0.1) is 0 Å². The summed E-state index contributed by atoms with van der Waals surface area (Å²) < 4.78 is 5.22. The summed E-state index contributed by atoms with van der Waals surface area (Å²) in [5, 5.41) is 0. The summed E-state index contributed by atoms with van der Waals surface area (Å²) in [4.78, 5) is 15.4. The van der Waals surface area contributed by atoms with E-state index in [1.165, 1.54) is 0 Å². The van der Waals surface area contributed by atoms with E-state index in [1.807, 2.05) is 18.2 Å². The van der Waals surface area contributed by atoms with Crippen LogP contribution in [0.1, 0.15) is 10.4 Å². The number of piperazine rings is 1. The second kappa shape index (κ2) is 5.19. The van der Waals surface area contributed by atoms with Gasteiger partial charge < -0.3 is 14.5 Å². The van der Waals surface area contributed by atoms with Crippen LogP contribution in [0.25, 0.3) is 0 Å². The average molecular weight is 234 g/mol. The normalized spacial score (nSPS) is 16.9. The Kier molecular flexibility index (Phi) is 3.64. The summed E-state index contributed by atoms with van der Waals surface area (Å²) in [5.74, 6) is 0.649. The summed E-state index contributed by atoms with van der Waals surface area (Å²) in [5.41, 5.74) is 1.73. The Morgan fingerprint density at radius 1 is 1.24 bits per heavy atom. The third-order valence-corrected chi connectivity index (χ3v) is 3.21. The third kappa shape index (κ3) is 2.58.